The van der Waals surface area contributed by atoms with Crippen molar-refractivity contribution in [3.63, 3.8) is 0 Å². The van der Waals surface area contributed by atoms with Crippen LogP contribution in [-0.2, 0) is 9.59 Å². The minimum absolute atomic E-state index is 0.100. The maximum absolute atomic E-state index is 13.3. The van der Waals surface area contributed by atoms with Gasteiger partial charge >= 0.3 is 41.5 Å². The van der Waals surface area contributed by atoms with Gasteiger partial charge in [-0.05, 0) is 0 Å². The molecule has 29 heavy (non-hydrogen) atoms. The zero-order chi connectivity index (χ0) is 23.7. The second-order valence-corrected chi connectivity index (χ2v) is 5.10. The second kappa shape index (κ2) is 7.55. The number of nitrogens with zero attached hydrogens (tertiary/aromatic N) is 2. The largest absolute Gasteiger partial charge is 0.384 e. The van der Waals surface area contributed by atoms with Crippen molar-refractivity contribution in [3.8, 4) is 0 Å². The molecule has 0 aromatic carbocycles. The maximum Gasteiger partial charge on any atom is 0.384 e. The fourth-order valence-corrected chi connectivity index (χ4v) is 1.51. The standard InChI is InChI=1S/C11H4F14N2O2/c12-5(13,1-26-3-28)7(16,17)9(20,21)11(24,25)10(22,23)8(18,19)6(14,15)2-27-4-29/h1-2H2. The highest BCUT2D eigenvalue weighted by molar-refractivity contribution is 5.33. The predicted molar refractivity (Wildman–Crippen MR) is 60.6 cm³/mol. The Morgan fingerprint density at radius 1 is 0.448 bits per heavy atom. The van der Waals surface area contributed by atoms with Crippen LogP contribution < -0.4 is 0 Å². The van der Waals surface area contributed by atoms with Crippen molar-refractivity contribution < 1.29 is 71.1 Å². The van der Waals surface area contributed by atoms with Crippen molar-refractivity contribution in [1.82, 2.24) is 0 Å². The maximum atomic E-state index is 13.3. The van der Waals surface area contributed by atoms with Gasteiger partial charge in [0.25, 0.3) is 0 Å². The number of aliphatic imine (C=N–C) groups is 2. The molecule has 0 aliphatic heterocycles. The van der Waals surface area contributed by atoms with Gasteiger partial charge in [-0.3, -0.25) is 0 Å². The predicted octanol–water partition coefficient (Wildman–Crippen LogP) is 4.11. The van der Waals surface area contributed by atoms with Gasteiger partial charge in [0.1, 0.15) is 13.1 Å². The third kappa shape index (κ3) is 3.82. The van der Waals surface area contributed by atoms with E-state index in [1.807, 2.05) is 0 Å². The lowest BCUT2D eigenvalue weighted by Gasteiger charge is -2.42. The number of halogens is 14. The third-order valence-electron chi connectivity index (χ3n) is 3.18. The summed E-state index contributed by atoms with van der Waals surface area (Å²) in [5.41, 5.74) is 0. The first-order chi connectivity index (χ1) is 12.6. The van der Waals surface area contributed by atoms with E-state index in [0.717, 1.165) is 0 Å². The zero-order valence-corrected chi connectivity index (χ0v) is 12.9. The van der Waals surface area contributed by atoms with Crippen molar-refractivity contribution >= 4 is 12.2 Å². The molecule has 0 unspecified atom stereocenters. The second-order valence-electron chi connectivity index (χ2n) is 5.10. The number of hydrogen-bond acceptors (Lipinski definition) is 4. The van der Waals surface area contributed by atoms with Crippen LogP contribution in [0.25, 0.3) is 0 Å². The number of alkyl halides is 14. The van der Waals surface area contributed by atoms with Gasteiger partial charge in [0.2, 0.25) is 12.2 Å². The fraction of sp³-hybridized carbons (Fsp3) is 0.818. The van der Waals surface area contributed by atoms with Crippen LogP contribution in [0.2, 0.25) is 0 Å². The minimum Gasteiger partial charge on any atom is -0.211 e. The van der Waals surface area contributed by atoms with Crippen molar-refractivity contribution in [3.05, 3.63) is 0 Å². The van der Waals surface area contributed by atoms with Crippen molar-refractivity contribution in [2.45, 2.75) is 41.5 Å². The molecule has 18 heteroatoms. The molecule has 4 nitrogen and oxygen atoms in total. The third-order valence-corrected chi connectivity index (χ3v) is 3.18. The normalized spacial score (nSPS) is 14.8. The first-order valence-electron chi connectivity index (χ1n) is 6.34. The van der Waals surface area contributed by atoms with Gasteiger partial charge in [-0.1, -0.05) is 0 Å². The van der Waals surface area contributed by atoms with Gasteiger partial charge in [0.05, 0.1) is 0 Å². The smallest absolute Gasteiger partial charge is 0.211 e. The lowest BCUT2D eigenvalue weighted by Crippen LogP contribution is -2.73. The highest BCUT2D eigenvalue weighted by Gasteiger charge is 2.92. The van der Waals surface area contributed by atoms with E-state index in [4.69, 9.17) is 0 Å². The van der Waals surface area contributed by atoms with Gasteiger partial charge in [-0.25, -0.2) is 9.59 Å². The van der Waals surface area contributed by atoms with Gasteiger partial charge in [-0.2, -0.15) is 71.5 Å². The highest BCUT2D eigenvalue weighted by Crippen LogP contribution is 2.62. The van der Waals surface area contributed by atoms with E-state index in [-0.39, 0.29) is 12.2 Å². The molecule has 0 fully saturated rings. The van der Waals surface area contributed by atoms with E-state index >= 15 is 0 Å². The molecule has 0 N–H and O–H groups in total. The summed E-state index contributed by atoms with van der Waals surface area (Å²) >= 11 is 0. The molecule has 0 radical (unpaired) electrons. The van der Waals surface area contributed by atoms with Crippen LogP contribution in [0, 0.1) is 0 Å². The lowest BCUT2D eigenvalue weighted by atomic mass is 9.89. The molecule has 0 aromatic rings. The molecule has 0 aliphatic rings. The van der Waals surface area contributed by atoms with E-state index in [1.54, 1.807) is 9.98 Å². The average molecular weight is 462 g/mol. The van der Waals surface area contributed by atoms with Crippen LogP contribution in [0.5, 0.6) is 0 Å². The minimum atomic E-state index is -8.24. The lowest BCUT2D eigenvalue weighted by molar-refractivity contribution is -0.439. The molecular weight excluding hydrogens is 458 g/mol. The summed E-state index contributed by atoms with van der Waals surface area (Å²) in [7, 11) is 0. The van der Waals surface area contributed by atoms with Gasteiger partial charge < -0.3 is 0 Å². The Morgan fingerprint density at radius 3 is 0.862 bits per heavy atom. The summed E-state index contributed by atoms with van der Waals surface area (Å²) in [4.78, 5) is 22.5. The number of hydrogen-bond donors (Lipinski definition) is 0. The molecule has 0 bridgehead atoms. The summed E-state index contributed by atoms with van der Waals surface area (Å²) in [5.74, 6) is -52.7. The highest BCUT2D eigenvalue weighted by atomic mass is 19.4. The van der Waals surface area contributed by atoms with Crippen molar-refractivity contribution in [1.29, 1.82) is 0 Å². The van der Waals surface area contributed by atoms with Crippen LogP contribution in [0.15, 0.2) is 9.98 Å². The number of rotatable bonds is 10. The SMILES string of the molecule is O=C=NCC(F)(F)C(F)(F)C(F)(F)C(F)(F)C(F)(F)C(F)(F)C(F)(F)CN=C=O. The molecule has 0 aliphatic carbocycles. The van der Waals surface area contributed by atoms with E-state index in [9.17, 15) is 71.1 Å². The van der Waals surface area contributed by atoms with E-state index in [1.165, 1.54) is 0 Å². The quantitative estimate of drug-likeness (QED) is 0.279. The Kier molecular flexibility index (Phi) is 6.98. The molecule has 0 saturated heterocycles. The topological polar surface area (TPSA) is 58.9 Å². The first-order valence-corrected chi connectivity index (χ1v) is 6.34. The van der Waals surface area contributed by atoms with Crippen molar-refractivity contribution in [2.75, 3.05) is 13.1 Å². The summed E-state index contributed by atoms with van der Waals surface area (Å²) in [5, 5.41) is 0. The van der Waals surface area contributed by atoms with E-state index in [0.29, 0.717) is 0 Å². The van der Waals surface area contributed by atoms with Gasteiger partial charge in [-0.15, -0.1) is 0 Å². The van der Waals surface area contributed by atoms with Crippen LogP contribution in [-0.4, -0.2) is 66.7 Å². The van der Waals surface area contributed by atoms with E-state index < -0.39 is 54.5 Å². The van der Waals surface area contributed by atoms with Crippen LogP contribution >= 0.6 is 0 Å². The Morgan fingerprint density at radius 2 is 0.655 bits per heavy atom. The first kappa shape index (κ1) is 26.8. The molecule has 168 valence electrons. The van der Waals surface area contributed by atoms with Crippen LogP contribution in [0.4, 0.5) is 61.5 Å². The molecule has 0 saturated carbocycles. The average Bonchev–Trinajstić information content (AvgIpc) is 2.57. The van der Waals surface area contributed by atoms with Gasteiger partial charge in [0.15, 0.2) is 0 Å². The van der Waals surface area contributed by atoms with Gasteiger partial charge in [0, 0.05) is 0 Å². The molecule has 0 atom stereocenters. The Labute approximate surface area is 149 Å². The summed E-state index contributed by atoms with van der Waals surface area (Å²) < 4.78 is 185. The fourth-order valence-electron chi connectivity index (χ4n) is 1.51. The summed E-state index contributed by atoms with van der Waals surface area (Å²) in [6, 6.07) is 0. The summed E-state index contributed by atoms with van der Waals surface area (Å²) in [6.45, 7) is -6.05. The Hall–Kier alpha value is -2.22. The molecular formula is C11H4F14N2O2. The van der Waals surface area contributed by atoms with Crippen LogP contribution in [0.1, 0.15) is 0 Å². The zero-order valence-electron chi connectivity index (χ0n) is 12.9. The molecule has 0 rings (SSSR count). The van der Waals surface area contributed by atoms with Crippen LogP contribution in [0.3, 0.4) is 0 Å². The molecule has 0 aromatic heterocycles. The van der Waals surface area contributed by atoms with E-state index in [2.05, 4.69) is 0 Å². The Bertz CT molecular complexity index is 648. The summed E-state index contributed by atoms with van der Waals surface area (Å²) in [6.07, 6.45) is 0.200. The molecule has 0 spiro atoms. The number of carbonyl (C=O) groups excluding carboxylic acids is 2. The molecule has 0 amide bonds. The monoisotopic (exact) mass is 462 g/mol. The van der Waals surface area contributed by atoms with Crippen molar-refractivity contribution in [2.24, 2.45) is 9.98 Å². The number of isocyanates is 2. The Balaban J connectivity index is 6.55. The molecule has 0 heterocycles.